The van der Waals surface area contributed by atoms with E-state index in [0.29, 0.717) is 22.0 Å². The molecular formula is C25H21ClN2O4S. The van der Waals surface area contributed by atoms with Crippen LogP contribution in [0.25, 0.3) is 0 Å². The smallest absolute Gasteiger partial charge is 0.274 e. The van der Waals surface area contributed by atoms with Gasteiger partial charge in [0.15, 0.2) is 9.84 Å². The summed E-state index contributed by atoms with van der Waals surface area (Å²) >= 11 is 6.35. The van der Waals surface area contributed by atoms with Crippen LogP contribution in [-0.2, 0) is 30.8 Å². The molecule has 0 radical (unpaired) electrons. The fraction of sp³-hybridized carbons (Fsp3) is 0.200. The van der Waals surface area contributed by atoms with Crippen LogP contribution < -0.4 is 9.80 Å². The average Bonchev–Trinajstić information content (AvgIpc) is 3.12. The molecule has 5 rings (SSSR count). The number of amides is 2. The zero-order valence-electron chi connectivity index (χ0n) is 18.1. The van der Waals surface area contributed by atoms with Crippen LogP contribution in [0.5, 0.6) is 0 Å². The van der Waals surface area contributed by atoms with Gasteiger partial charge in [-0.25, -0.2) is 8.42 Å². The minimum Gasteiger partial charge on any atom is -0.304 e. The first-order valence-electron chi connectivity index (χ1n) is 10.5. The van der Waals surface area contributed by atoms with Crippen LogP contribution in [0.15, 0.2) is 66.7 Å². The van der Waals surface area contributed by atoms with Crippen LogP contribution in [0.1, 0.15) is 22.3 Å². The van der Waals surface area contributed by atoms with Crippen LogP contribution in [0.4, 0.5) is 11.4 Å². The van der Waals surface area contributed by atoms with Crippen LogP contribution in [-0.4, -0.2) is 26.0 Å². The maximum atomic E-state index is 14.1. The number of benzene rings is 3. The van der Waals surface area contributed by atoms with E-state index in [9.17, 15) is 18.0 Å². The Morgan fingerprint density at radius 2 is 1.58 bits per heavy atom. The molecule has 2 amide bonds. The van der Waals surface area contributed by atoms with Crippen LogP contribution in [0.3, 0.4) is 0 Å². The minimum atomic E-state index is -4.20. The van der Waals surface area contributed by atoms with Crippen molar-refractivity contribution in [3.63, 3.8) is 0 Å². The van der Waals surface area contributed by atoms with Gasteiger partial charge < -0.3 is 4.90 Å². The van der Waals surface area contributed by atoms with Crippen LogP contribution >= 0.6 is 11.6 Å². The number of aryl methyl sites for hydroxylation is 2. The number of carbonyl (C=O) groups excluding carboxylic acids is 2. The fourth-order valence-electron chi connectivity index (χ4n) is 4.93. The van der Waals surface area contributed by atoms with Gasteiger partial charge in [0.2, 0.25) is 5.91 Å². The third-order valence-electron chi connectivity index (χ3n) is 6.17. The van der Waals surface area contributed by atoms with Crippen molar-refractivity contribution in [1.29, 1.82) is 0 Å². The number of sulfone groups is 1. The van der Waals surface area contributed by atoms with E-state index < -0.39 is 32.3 Å². The maximum absolute atomic E-state index is 14.1. The first kappa shape index (κ1) is 21.7. The van der Waals surface area contributed by atoms with Gasteiger partial charge in [0, 0.05) is 16.3 Å². The van der Waals surface area contributed by atoms with E-state index in [2.05, 4.69) is 0 Å². The summed E-state index contributed by atoms with van der Waals surface area (Å²) in [5, 5.41) is 0.472. The SMILES string of the molecule is Cc1cc(C)cc(N2C(=O)CS(=O)(=O)C23C(=O)N(Cc2ccccc2Cl)c2ccccc23)c1. The predicted molar refractivity (Wildman–Crippen MR) is 128 cm³/mol. The average molecular weight is 481 g/mol. The summed E-state index contributed by atoms with van der Waals surface area (Å²) in [5.41, 5.74) is 3.54. The summed E-state index contributed by atoms with van der Waals surface area (Å²) in [4.78, 5) is 27.8. The van der Waals surface area contributed by atoms with Gasteiger partial charge in [0.1, 0.15) is 5.75 Å². The number of fused-ring (bicyclic) bond motifs is 2. The molecule has 8 heteroatoms. The lowest BCUT2D eigenvalue weighted by molar-refractivity contribution is -0.123. The van der Waals surface area contributed by atoms with E-state index in [1.807, 2.05) is 19.9 Å². The number of hydrogen-bond acceptors (Lipinski definition) is 4. The Kier molecular flexibility index (Phi) is 4.88. The molecule has 2 aliphatic heterocycles. The number of para-hydroxylation sites is 1. The molecule has 1 saturated heterocycles. The quantitative estimate of drug-likeness (QED) is 0.565. The Labute approximate surface area is 197 Å². The van der Waals surface area contributed by atoms with Gasteiger partial charge in [-0.05, 0) is 54.8 Å². The third kappa shape index (κ3) is 3.03. The molecule has 1 fully saturated rings. The van der Waals surface area contributed by atoms with Gasteiger partial charge in [0.05, 0.1) is 12.2 Å². The molecule has 2 aliphatic rings. The molecule has 0 saturated carbocycles. The molecule has 2 heterocycles. The molecule has 6 nitrogen and oxygen atoms in total. The second-order valence-corrected chi connectivity index (χ2v) is 11.0. The highest BCUT2D eigenvalue weighted by Crippen LogP contribution is 2.53. The Balaban J connectivity index is 1.76. The van der Waals surface area contributed by atoms with Crippen molar-refractivity contribution in [3.05, 3.63) is 94.0 Å². The molecular weight excluding hydrogens is 460 g/mol. The van der Waals surface area contributed by atoms with E-state index in [1.54, 1.807) is 60.7 Å². The van der Waals surface area contributed by atoms with Gasteiger partial charge in [-0.1, -0.05) is 54.1 Å². The molecule has 3 aromatic rings. The van der Waals surface area contributed by atoms with Crippen molar-refractivity contribution < 1.29 is 18.0 Å². The van der Waals surface area contributed by atoms with Crippen molar-refractivity contribution in [3.8, 4) is 0 Å². The van der Waals surface area contributed by atoms with Crippen molar-refractivity contribution in [2.45, 2.75) is 25.3 Å². The number of nitrogens with zero attached hydrogens (tertiary/aromatic N) is 2. The van der Waals surface area contributed by atoms with Gasteiger partial charge in [-0.2, -0.15) is 0 Å². The van der Waals surface area contributed by atoms with Gasteiger partial charge in [-0.15, -0.1) is 0 Å². The van der Waals surface area contributed by atoms with Gasteiger partial charge in [0.25, 0.3) is 10.8 Å². The standard InChI is InChI=1S/C25H21ClN2O4S/c1-16-11-17(2)13-19(12-16)28-23(29)15-33(31,32)25(28)20-8-4-6-10-22(20)27(24(25)30)14-18-7-3-5-9-21(18)26/h3-13H,14-15H2,1-2H3. The number of anilines is 2. The van der Waals surface area contributed by atoms with E-state index >= 15 is 0 Å². The van der Waals surface area contributed by atoms with Gasteiger partial charge >= 0.3 is 0 Å². The molecule has 0 aromatic heterocycles. The maximum Gasteiger partial charge on any atom is 0.274 e. The largest absolute Gasteiger partial charge is 0.304 e. The number of rotatable bonds is 3. The predicted octanol–water partition coefficient (Wildman–Crippen LogP) is 4.12. The molecule has 0 bridgehead atoms. The molecule has 168 valence electrons. The highest BCUT2D eigenvalue weighted by molar-refractivity contribution is 7.94. The van der Waals surface area contributed by atoms with Crippen LogP contribution in [0, 0.1) is 13.8 Å². The molecule has 1 spiro atoms. The lowest BCUT2D eigenvalue weighted by Crippen LogP contribution is -2.54. The number of hydrogen-bond donors (Lipinski definition) is 0. The Morgan fingerprint density at radius 3 is 2.27 bits per heavy atom. The van der Waals surface area contributed by atoms with E-state index in [-0.39, 0.29) is 12.1 Å². The normalized spacial score (nSPS) is 21.2. The summed E-state index contributed by atoms with van der Waals surface area (Å²) in [6.45, 7) is 3.82. The number of carbonyl (C=O) groups is 2. The summed E-state index contributed by atoms with van der Waals surface area (Å²) in [7, 11) is -4.20. The second-order valence-electron chi connectivity index (χ2n) is 8.48. The Bertz CT molecular complexity index is 1420. The summed E-state index contributed by atoms with van der Waals surface area (Å²) in [6, 6.07) is 19.3. The van der Waals surface area contributed by atoms with E-state index in [0.717, 1.165) is 11.1 Å². The second kappa shape index (κ2) is 7.43. The zero-order valence-corrected chi connectivity index (χ0v) is 19.7. The lowest BCUT2D eigenvalue weighted by atomic mass is 10.0. The van der Waals surface area contributed by atoms with Crippen molar-refractivity contribution >= 4 is 44.6 Å². The summed E-state index contributed by atoms with van der Waals surface area (Å²) in [5.74, 6) is -2.03. The lowest BCUT2D eigenvalue weighted by Gasteiger charge is -2.33. The molecule has 0 aliphatic carbocycles. The topological polar surface area (TPSA) is 74.8 Å². The van der Waals surface area contributed by atoms with E-state index in [4.69, 9.17) is 11.6 Å². The zero-order chi connectivity index (χ0) is 23.5. The fourth-order valence-corrected chi connectivity index (χ4v) is 7.15. The summed E-state index contributed by atoms with van der Waals surface area (Å²) in [6.07, 6.45) is 0. The van der Waals surface area contributed by atoms with Crippen molar-refractivity contribution in [1.82, 2.24) is 0 Å². The highest BCUT2D eigenvalue weighted by Gasteiger charge is 2.69. The molecule has 0 N–H and O–H groups in total. The Hall–Kier alpha value is -3.16. The summed E-state index contributed by atoms with van der Waals surface area (Å²) < 4.78 is 27.3. The molecule has 1 atom stereocenters. The Morgan fingerprint density at radius 1 is 0.939 bits per heavy atom. The third-order valence-corrected chi connectivity index (χ3v) is 8.65. The monoisotopic (exact) mass is 480 g/mol. The first-order valence-corrected chi connectivity index (χ1v) is 12.5. The molecule has 3 aromatic carbocycles. The molecule has 1 unspecified atom stereocenters. The van der Waals surface area contributed by atoms with Gasteiger partial charge in [-0.3, -0.25) is 14.5 Å². The van der Waals surface area contributed by atoms with Crippen LogP contribution in [0.2, 0.25) is 5.02 Å². The molecule has 33 heavy (non-hydrogen) atoms. The van der Waals surface area contributed by atoms with Crippen molar-refractivity contribution in [2.75, 3.05) is 15.6 Å². The highest BCUT2D eigenvalue weighted by atomic mass is 35.5. The van der Waals surface area contributed by atoms with Crippen molar-refractivity contribution in [2.24, 2.45) is 0 Å². The number of halogens is 1. The minimum absolute atomic E-state index is 0.0850. The first-order chi connectivity index (χ1) is 15.7. The van der Waals surface area contributed by atoms with E-state index in [1.165, 1.54) is 9.80 Å².